The smallest absolute Gasteiger partial charge is 0.462 e. The van der Waals surface area contributed by atoms with Crippen LogP contribution in [0.1, 0.15) is 194 Å². The minimum Gasteiger partial charge on any atom is -0.462 e. The number of nitrogens with zero attached hydrogens (tertiary/aromatic N) is 1. The second-order valence-electron chi connectivity index (χ2n) is 20.1. The summed E-state index contributed by atoms with van der Waals surface area (Å²) in [5.41, 5.74) is 5.83. The molecular formula is C49H99N2O17P2+. The topological polar surface area (TPSA) is 269 Å². The van der Waals surface area contributed by atoms with Crippen molar-refractivity contribution in [2.45, 2.75) is 236 Å². The van der Waals surface area contributed by atoms with Gasteiger partial charge in [0.2, 0.25) is 0 Å². The normalized spacial score (nSPS) is 21.2. The molecule has 7 N–H and O–H groups in total. The Hall–Kier alpha value is -1.12. The molecule has 0 bridgehead atoms. The van der Waals surface area contributed by atoms with Gasteiger partial charge in [0.25, 0.3) is 0 Å². The van der Waals surface area contributed by atoms with E-state index in [1.54, 1.807) is 0 Å². The van der Waals surface area contributed by atoms with Crippen molar-refractivity contribution in [1.82, 2.24) is 0 Å². The fourth-order valence-electron chi connectivity index (χ4n) is 7.69. The highest BCUT2D eigenvalue weighted by Crippen LogP contribution is 2.45. The number of ether oxygens (including phenoxy) is 4. The van der Waals surface area contributed by atoms with E-state index >= 15 is 0 Å². The zero-order chi connectivity index (χ0) is 52.1. The molecule has 1 rings (SSSR count). The van der Waals surface area contributed by atoms with Gasteiger partial charge in [-0.1, -0.05) is 168 Å². The Balaban J connectivity index is 2.68. The molecule has 1 saturated heterocycles. The van der Waals surface area contributed by atoms with Gasteiger partial charge in [-0.05, 0) is 12.8 Å². The third-order valence-corrected chi connectivity index (χ3v) is 14.1. The average molecular weight is 1050 g/mol. The molecule has 9 unspecified atom stereocenters. The Morgan fingerprint density at radius 2 is 0.971 bits per heavy atom. The molecule has 416 valence electrons. The first-order valence-electron chi connectivity index (χ1n) is 26.7. The molecule has 21 heteroatoms. The largest absolute Gasteiger partial charge is 0.472 e. The van der Waals surface area contributed by atoms with Crippen molar-refractivity contribution >= 4 is 27.6 Å². The van der Waals surface area contributed by atoms with Crippen LogP contribution in [0.2, 0.25) is 0 Å². The van der Waals surface area contributed by atoms with Gasteiger partial charge in [0.05, 0.1) is 53.6 Å². The quantitative estimate of drug-likeness (QED) is 0.0144. The molecule has 0 radical (unpaired) electrons. The van der Waals surface area contributed by atoms with Crippen LogP contribution in [0.4, 0.5) is 0 Å². The molecule has 0 aromatic heterocycles. The van der Waals surface area contributed by atoms with E-state index in [2.05, 4.69) is 13.8 Å². The second kappa shape index (κ2) is 40.2. The van der Waals surface area contributed by atoms with Crippen molar-refractivity contribution in [3.8, 4) is 0 Å². The van der Waals surface area contributed by atoms with E-state index in [0.29, 0.717) is 23.9 Å². The predicted molar refractivity (Wildman–Crippen MR) is 268 cm³/mol. The summed E-state index contributed by atoms with van der Waals surface area (Å²) in [7, 11) is -3.75. The summed E-state index contributed by atoms with van der Waals surface area (Å²) in [5.74, 6) is -0.974. The minimum atomic E-state index is -4.89. The van der Waals surface area contributed by atoms with Crippen LogP contribution in [0.25, 0.3) is 0 Å². The zero-order valence-electron chi connectivity index (χ0n) is 43.8. The number of hydrogen-bond acceptors (Lipinski definition) is 16. The standard InChI is InChI=1S/C49H98N2O17P2/c1-6-8-10-12-14-16-18-20-22-24-26-28-30-32-44(52)61-38-42(67-45(53)33-31-29-27-25-23-21-19-17-15-13-11-9-7-2)39-62-49-48(56)47(55)46(54)43(68-49)40-66-70(59,60)65-37-41(50)36-64-69(57,58)63-35-34-51(3,4)5/h41-43,46-49,54-56H,6-40,50H2,1-5H3,(H-,57,58,59,60)/p+1. The Kier molecular flexibility index (Phi) is 38.4. The number of carbonyl (C=O) groups is 2. The van der Waals surface area contributed by atoms with Crippen LogP contribution in [0, 0.1) is 0 Å². The van der Waals surface area contributed by atoms with Crippen LogP contribution in [-0.2, 0) is 55.8 Å². The van der Waals surface area contributed by atoms with Gasteiger partial charge in [-0.2, -0.15) is 0 Å². The van der Waals surface area contributed by atoms with Crippen molar-refractivity contribution in [2.75, 3.05) is 67.3 Å². The molecule has 70 heavy (non-hydrogen) atoms. The van der Waals surface area contributed by atoms with Gasteiger partial charge in [-0.3, -0.25) is 27.7 Å². The summed E-state index contributed by atoms with van der Waals surface area (Å²) in [6.07, 6.45) is 20.9. The van der Waals surface area contributed by atoms with Gasteiger partial charge in [0.15, 0.2) is 12.4 Å². The number of nitrogens with two attached hydrogens (primary N) is 1. The highest BCUT2D eigenvalue weighted by Gasteiger charge is 2.45. The number of hydrogen-bond donors (Lipinski definition) is 6. The van der Waals surface area contributed by atoms with Crippen LogP contribution in [0.5, 0.6) is 0 Å². The lowest BCUT2D eigenvalue weighted by Gasteiger charge is -2.40. The number of rotatable bonds is 47. The van der Waals surface area contributed by atoms with E-state index in [4.69, 9.17) is 42.8 Å². The summed E-state index contributed by atoms with van der Waals surface area (Å²) < 4.78 is 67.5. The van der Waals surface area contributed by atoms with Crippen molar-refractivity contribution in [3.05, 3.63) is 0 Å². The highest BCUT2D eigenvalue weighted by molar-refractivity contribution is 7.47. The van der Waals surface area contributed by atoms with Crippen molar-refractivity contribution in [2.24, 2.45) is 5.73 Å². The van der Waals surface area contributed by atoms with Crippen LogP contribution in [0.3, 0.4) is 0 Å². The summed E-state index contributed by atoms with van der Waals surface area (Å²) in [5, 5.41) is 32.0. The first-order chi connectivity index (χ1) is 33.3. The van der Waals surface area contributed by atoms with Crippen LogP contribution < -0.4 is 5.73 Å². The number of esters is 2. The molecule has 0 amide bonds. The maximum Gasteiger partial charge on any atom is 0.472 e. The lowest BCUT2D eigenvalue weighted by molar-refractivity contribution is -0.870. The Labute approximate surface area is 421 Å². The number of unbranched alkanes of at least 4 members (excludes halogenated alkanes) is 24. The van der Waals surface area contributed by atoms with Gasteiger partial charge in [0, 0.05) is 12.8 Å². The summed E-state index contributed by atoms with van der Waals surface area (Å²) >= 11 is 0. The number of phosphoric acid groups is 2. The van der Waals surface area contributed by atoms with E-state index in [1.807, 2.05) is 21.1 Å². The predicted octanol–water partition coefficient (Wildman–Crippen LogP) is 8.53. The number of aliphatic hydroxyl groups excluding tert-OH is 3. The molecule has 0 aliphatic carbocycles. The van der Waals surface area contributed by atoms with Gasteiger partial charge >= 0.3 is 27.6 Å². The van der Waals surface area contributed by atoms with E-state index in [-0.39, 0.29) is 26.1 Å². The molecule has 9 atom stereocenters. The molecule has 19 nitrogen and oxygen atoms in total. The molecule has 0 spiro atoms. The number of carbonyl (C=O) groups excluding carboxylic acids is 2. The lowest BCUT2D eigenvalue weighted by Crippen LogP contribution is -2.59. The molecule has 1 aliphatic heterocycles. The van der Waals surface area contributed by atoms with Crippen LogP contribution in [-0.4, -0.2) is 152 Å². The van der Waals surface area contributed by atoms with E-state index in [0.717, 1.165) is 38.5 Å². The Bertz CT molecular complexity index is 1410. The second-order valence-corrected chi connectivity index (χ2v) is 23.0. The molecule has 0 saturated carbocycles. The summed E-state index contributed by atoms with van der Waals surface area (Å²) in [6, 6.07) is -1.16. The van der Waals surface area contributed by atoms with E-state index < -0.39 is 96.9 Å². The first-order valence-corrected chi connectivity index (χ1v) is 29.7. The lowest BCUT2D eigenvalue weighted by atomic mass is 9.99. The molecular weight excluding hydrogens is 950 g/mol. The van der Waals surface area contributed by atoms with E-state index in [9.17, 15) is 43.8 Å². The van der Waals surface area contributed by atoms with Gasteiger partial charge in [-0.25, -0.2) is 9.13 Å². The van der Waals surface area contributed by atoms with E-state index in [1.165, 1.54) is 116 Å². The fraction of sp³-hybridized carbons (Fsp3) is 0.959. The Morgan fingerprint density at radius 3 is 1.41 bits per heavy atom. The number of aliphatic hydroxyl groups is 3. The van der Waals surface area contributed by atoms with Crippen LogP contribution in [0.15, 0.2) is 0 Å². The molecule has 1 heterocycles. The number of likely N-dealkylation sites (N-methyl/N-ethyl adjacent to an activating group) is 1. The molecule has 1 aliphatic rings. The van der Waals surface area contributed by atoms with Crippen molar-refractivity contribution < 1.29 is 85.4 Å². The van der Waals surface area contributed by atoms with Crippen molar-refractivity contribution in [3.63, 3.8) is 0 Å². The molecule has 0 aromatic carbocycles. The fourth-order valence-corrected chi connectivity index (χ4v) is 9.24. The molecule has 1 fully saturated rings. The maximum absolute atomic E-state index is 13.0. The third-order valence-electron chi connectivity index (χ3n) is 12.1. The van der Waals surface area contributed by atoms with Crippen LogP contribution >= 0.6 is 15.6 Å². The first kappa shape index (κ1) is 66.9. The molecule has 0 aromatic rings. The van der Waals surface area contributed by atoms with Gasteiger partial charge in [-0.15, -0.1) is 0 Å². The van der Waals surface area contributed by atoms with Gasteiger partial charge < -0.3 is 54.3 Å². The highest BCUT2D eigenvalue weighted by atomic mass is 31.2. The monoisotopic (exact) mass is 1050 g/mol. The minimum absolute atomic E-state index is 0.0714. The zero-order valence-corrected chi connectivity index (χ0v) is 45.6. The van der Waals surface area contributed by atoms with Gasteiger partial charge in [0.1, 0.15) is 44.2 Å². The number of phosphoric ester groups is 2. The Morgan fingerprint density at radius 1 is 0.557 bits per heavy atom. The maximum atomic E-state index is 13.0. The van der Waals surface area contributed by atoms with Crippen molar-refractivity contribution in [1.29, 1.82) is 0 Å². The summed E-state index contributed by atoms with van der Waals surface area (Å²) in [6.45, 7) is 1.98. The third kappa shape index (κ3) is 36.7. The number of quaternary nitrogens is 1. The average Bonchev–Trinajstić information content (AvgIpc) is 3.30. The SMILES string of the molecule is CCCCCCCCCCCCCCCC(=O)OCC(COC1OC(COP(=O)(O)OCC(N)COP(=O)(O)OCC[N+](C)(C)C)C(O)C(O)C1O)OC(=O)CCCCCCCCCCCCCCC. The summed E-state index contributed by atoms with van der Waals surface area (Å²) in [4.78, 5) is 45.9.